The summed E-state index contributed by atoms with van der Waals surface area (Å²) < 4.78 is 0. The molecule has 1 aromatic heterocycles. The van der Waals surface area contributed by atoms with Gasteiger partial charge in [-0.3, -0.25) is 9.89 Å². The molecule has 1 fully saturated rings. The van der Waals surface area contributed by atoms with Gasteiger partial charge in [0.15, 0.2) is 5.82 Å². The molecule has 0 bridgehead atoms. The van der Waals surface area contributed by atoms with Crippen LogP contribution in [-0.2, 0) is 11.3 Å². The third-order valence-electron chi connectivity index (χ3n) is 4.88. The van der Waals surface area contributed by atoms with E-state index in [0.29, 0.717) is 49.4 Å². The molecule has 9 nitrogen and oxygen atoms in total. The fourth-order valence-electron chi connectivity index (χ4n) is 3.24. The summed E-state index contributed by atoms with van der Waals surface area (Å²) >= 11 is 0. The van der Waals surface area contributed by atoms with Crippen molar-refractivity contribution in [1.29, 1.82) is 0 Å². The Morgan fingerprint density at radius 1 is 1.31 bits per heavy atom. The van der Waals surface area contributed by atoms with Crippen LogP contribution < -0.4 is 16.4 Å². The van der Waals surface area contributed by atoms with Crippen molar-refractivity contribution < 1.29 is 9.59 Å². The topological polar surface area (TPSA) is 129 Å². The van der Waals surface area contributed by atoms with Gasteiger partial charge in [0, 0.05) is 30.9 Å². The van der Waals surface area contributed by atoms with E-state index in [2.05, 4.69) is 39.7 Å². The van der Waals surface area contributed by atoms with Crippen molar-refractivity contribution in [1.82, 2.24) is 25.4 Å². The van der Waals surface area contributed by atoms with Gasteiger partial charge in [-0.15, -0.1) is 0 Å². The van der Waals surface area contributed by atoms with Gasteiger partial charge in [-0.25, -0.2) is 9.78 Å². The average Bonchev–Trinajstić information content (AvgIpc) is 3.22. The van der Waals surface area contributed by atoms with E-state index in [0.717, 1.165) is 18.4 Å². The molecule has 5 N–H and O–H groups in total. The highest BCUT2D eigenvalue weighted by molar-refractivity contribution is 5.93. The number of nitrogens with two attached hydrogens (primary N) is 1. The predicted octanol–water partition coefficient (Wildman–Crippen LogP) is 1.95. The zero-order valence-corrected chi connectivity index (χ0v) is 16.9. The number of urea groups is 1. The number of nitrogens with one attached hydrogen (secondary N) is 3. The number of carbonyl (C=O) groups is 2. The highest BCUT2D eigenvalue weighted by atomic mass is 16.2. The van der Waals surface area contributed by atoms with Gasteiger partial charge in [0.05, 0.1) is 12.5 Å². The molecule has 29 heavy (non-hydrogen) atoms. The lowest BCUT2D eigenvalue weighted by Crippen LogP contribution is -2.48. The molecule has 1 aromatic carbocycles. The quantitative estimate of drug-likeness (QED) is 0.590. The molecule has 1 aliphatic heterocycles. The van der Waals surface area contributed by atoms with Gasteiger partial charge in [-0.1, -0.05) is 13.8 Å². The highest BCUT2D eigenvalue weighted by Gasteiger charge is 2.28. The van der Waals surface area contributed by atoms with Crippen molar-refractivity contribution in [3.8, 4) is 11.4 Å². The second kappa shape index (κ2) is 9.51. The molecule has 2 heterocycles. The third kappa shape index (κ3) is 5.54. The van der Waals surface area contributed by atoms with Crippen molar-refractivity contribution in [3.05, 3.63) is 30.1 Å². The van der Waals surface area contributed by atoms with Gasteiger partial charge in [-0.2, -0.15) is 5.10 Å². The van der Waals surface area contributed by atoms with Crippen LogP contribution in [0.5, 0.6) is 0 Å². The Morgan fingerprint density at radius 3 is 2.72 bits per heavy atom. The van der Waals surface area contributed by atoms with E-state index in [1.807, 2.05) is 24.3 Å². The molecule has 0 radical (unpaired) electrons. The summed E-state index contributed by atoms with van der Waals surface area (Å²) in [6.45, 7) is 6.16. The molecule has 3 rings (SSSR count). The second-order valence-electron chi connectivity index (χ2n) is 7.74. The summed E-state index contributed by atoms with van der Waals surface area (Å²) in [4.78, 5) is 31.0. The number of H-pyrrole nitrogens is 1. The zero-order chi connectivity index (χ0) is 20.8. The van der Waals surface area contributed by atoms with Crippen LogP contribution in [0, 0.1) is 11.8 Å². The van der Waals surface area contributed by atoms with Gasteiger partial charge < -0.3 is 21.3 Å². The molecule has 1 saturated heterocycles. The Balaban J connectivity index is 1.56. The van der Waals surface area contributed by atoms with Gasteiger partial charge in [0.2, 0.25) is 5.91 Å². The molecule has 1 unspecified atom stereocenters. The number of hydrogen-bond donors (Lipinski definition) is 4. The number of aromatic amines is 1. The van der Waals surface area contributed by atoms with Crippen molar-refractivity contribution in [2.24, 2.45) is 17.6 Å². The number of anilines is 1. The van der Waals surface area contributed by atoms with Crippen molar-refractivity contribution in [2.45, 2.75) is 33.2 Å². The summed E-state index contributed by atoms with van der Waals surface area (Å²) in [5.41, 5.74) is 7.08. The second-order valence-corrected chi connectivity index (χ2v) is 7.74. The Hall–Kier alpha value is -2.94. The van der Waals surface area contributed by atoms with E-state index in [9.17, 15) is 9.59 Å². The number of nitrogens with zero attached hydrogens (tertiary/aromatic N) is 3. The van der Waals surface area contributed by atoms with Crippen LogP contribution in [0.1, 0.15) is 32.5 Å². The van der Waals surface area contributed by atoms with Crippen LogP contribution in [0.25, 0.3) is 11.4 Å². The van der Waals surface area contributed by atoms with E-state index in [1.165, 1.54) is 0 Å². The molecule has 0 saturated carbocycles. The molecule has 1 atom stereocenters. The maximum Gasteiger partial charge on any atom is 0.317 e. The molecular weight excluding hydrogens is 370 g/mol. The van der Waals surface area contributed by atoms with Crippen LogP contribution in [0.4, 0.5) is 10.5 Å². The maximum absolute atomic E-state index is 12.7. The number of benzene rings is 1. The first kappa shape index (κ1) is 20.8. The maximum atomic E-state index is 12.7. The molecule has 0 spiro atoms. The summed E-state index contributed by atoms with van der Waals surface area (Å²) in [7, 11) is 0. The lowest BCUT2D eigenvalue weighted by molar-refractivity contribution is -0.121. The monoisotopic (exact) mass is 399 g/mol. The fraction of sp³-hybridized carbons (Fsp3) is 0.500. The number of amides is 3. The van der Waals surface area contributed by atoms with E-state index < -0.39 is 0 Å². The minimum absolute atomic E-state index is 0.0672. The Morgan fingerprint density at radius 2 is 2.07 bits per heavy atom. The van der Waals surface area contributed by atoms with Crippen LogP contribution in [0.2, 0.25) is 0 Å². The number of carbonyl (C=O) groups excluding carboxylic acids is 2. The van der Waals surface area contributed by atoms with Crippen LogP contribution >= 0.6 is 0 Å². The van der Waals surface area contributed by atoms with Gasteiger partial charge in [-0.05, 0) is 43.0 Å². The van der Waals surface area contributed by atoms with Crippen LogP contribution in [0.3, 0.4) is 0 Å². The predicted molar refractivity (Wildman–Crippen MR) is 111 cm³/mol. The minimum Gasteiger partial charge on any atom is -0.338 e. The first-order valence-electron chi connectivity index (χ1n) is 10.0. The van der Waals surface area contributed by atoms with E-state index in [-0.39, 0.29) is 17.9 Å². The molecule has 156 valence electrons. The average molecular weight is 399 g/mol. The van der Waals surface area contributed by atoms with E-state index in [4.69, 9.17) is 5.73 Å². The van der Waals surface area contributed by atoms with Crippen molar-refractivity contribution >= 4 is 17.6 Å². The summed E-state index contributed by atoms with van der Waals surface area (Å²) in [6, 6.07) is 7.25. The van der Waals surface area contributed by atoms with Gasteiger partial charge in [0.25, 0.3) is 0 Å². The number of likely N-dealkylation sites (tertiary alicyclic amines) is 1. The summed E-state index contributed by atoms with van der Waals surface area (Å²) in [6.07, 6.45) is 1.59. The largest absolute Gasteiger partial charge is 0.338 e. The van der Waals surface area contributed by atoms with Gasteiger partial charge >= 0.3 is 6.03 Å². The molecular formula is C20H29N7O2. The standard InChI is InChI=1S/C20H29N7O2/c1-13(2)11-22-20(29)27-9-3-4-15(12-27)19(28)23-16-7-5-14(6-8-16)18-24-17(10-21)25-26-18/h5-8,13,15H,3-4,9-12,21H2,1-2H3,(H,22,29)(H,23,28)(H,24,25,26). The molecule has 2 aromatic rings. The van der Waals surface area contributed by atoms with Crippen LogP contribution in [0.15, 0.2) is 24.3 Å². The highest BCUT2D eigenvalue weighted by Crippen LogP contribution is 2.21. The van der Waals surface area contributed by atoms with E-state index >= 15 is 0 Å². The van der Waals surface area contributed by atoms with Crippen LogP contribution in [-0.4, -0.2) is 51.7 Å². The Kier molecular flexibility index (Phi) is 6.82. The smallest absolute Gasteiger partial charge is 0.317 e. The Labute approximate surface area is 170 Å². The number of aromatic nitrogens is 3. The fourth-order valence-corrected chi connectivity index (χ4v) is 3.24. The number of hydrogen-bond acceptors (Lipinski definition) is 5. The Bertz CT molecular complexity index is 832. The zero-order valence-electron chi connectivity index (χ0n) is 16.9. The van der Waals surface area contributed by atoms with E-state index in [1.54, 1.807) is 4.90 Å². The normalized spacial score (nSPS) is 16.7. The molecule has 9 heteroatoms. The first-order chi connectivity index (χ1) is 14.0. The summed E-state index contributed by atoms with van der Waals surface area (Å²) in [5, 5.41) is 12.8. The number of rotatable bonds is 6. The lowest BCUT2D eigenvalue weighted by atomic mass is 9.97. The van der Waals surface area contributed by atoms with Crippen molar-refractivity contribution in [2.75, 3.05) is 25.0 Å². The minimum atomic E-state index is -0.214. The third-order valence-corrected chi connectivity index (χ3v) is 4.88. The van der Waals surface area contributed by atoms with Gasteiger partial charge in [0.1, 0.15) is 5.82 Å². The first-order valence-corrected chi connectivity index (χ1v) is 10.0. The molecule has 1 aliphatic rings. The number of piperidine rings is 1. The SMILES string of the molecule is CC(C)CNC(=O)N1CCCC(C(=O)Nc2ccc(-c3n[nH]c(CN)n3)cc2)C1. The molecule has 3 amide bonds. The lowest BCUT2D eigenvalue weighted by Gasteiger charge is -2.32. The summed E-state index contributed by atoms with van der Waals surface area (Å²) in [5.74, 6) is 1.30. The van der Waals surface area contributed by atoms with Crippen molar-refractivity contribution in [3.63, 3.8) is 0 Å². The molecule has 0 aliphatic carbocycles.